The lowest BCUT2D eigenvalue weighted by Crippen LogP contribution is -2.39. The van der Waals surface area contributed by atoms with Gasteiger partial charge in [-0.3, -0.25) is 14.5 Å². The van der Waals surface area contributed by atoms with Crippen molar-refractivity contribution in [1.29, 1.82) is 0 Å². The van der Waals surface area contributed by atoms with Gasteiger partial charge in [-0.05, 0) is 18.9 Å². The molecule has 0 saturated carbocycles. The molecule has 1 aliphatic heterocycles. The van der Waals surface area contributed by atoms with Gasteiger partial charge in [0.25, 0.3) is 0 Å². The van der Waals surface area contributed by atoms with E-state index >= 15 is 0 Å². The van der Waals surface area contributed by atoms with E-state index in [1.54, 1.807) is 7.05 Å². The molecule has 1 heterocycles. The van der Waals surface area contributed by atoms with Crippen LogP contribution in [0.1, 0.15) is 46.0 Å². The molecule has 1 N–H and O–H groups in total. The number of nitrogens with zero attached hydrogens (tertiary/aromatic N) is 1. The zero-order chi connectivity index (χ0) is 12.8. The highest BCUT2D eigenvalue weighted by atomic mass is 16.2. The van der Waals surface area contributed by atoms with Crippen LogP contribution >= 0.6 is 0 Å². The van der Waals surface area contributed by atoms with Crippen LogP contribution in [0.3, 0.4) is 0 Å². The lowest BCUT2D eigenvalue weighted by Gasteiger charge is -2.17. The molecular formula is C13H24N2O2. The third-order valence-electron chi connectivity index (χ3n) is 3.58. The van der Waals surface area contributed by atoms with Crippen LogP contribution in [-0.4, -0.2) is 36.3 Å². The van der Waals surface area contributed by atoms with Crippen LogP contribution in [0, 0.1) is 5.92 Å². The Balaban J connectivity index is 2.34. The molecule has 0 radical (unpaired) electrons. The minimum absolute atomic E-state index is 0.0749. The molecule has 0 spiro atoms. The van der Waals surface area contributed by atoms with Gasteiger partial charge in [0, 0.05) is 7.05 Å². The first-order valence-corrected chi connectivity index (χ1v) is 6.63. The standard InChI is InChI=1S/C13H24N2O2/c1-4-6-7-10(5-2)9-14-11-8-12(16)15(3)13(11)17/h10-11,14H,4-9H2,1-3H3. The van der Waals surface area contributed by atoms with Gasteiger partial charge in [-0.1, -0.05) is 33.1 Å². The molecule has 1 aliphatic rings. The highest BCUT2D eigenvalue weighted by molar-refractivity contribution is 6.05. The summed E-state index contributed by atoms with van der Waals surface area (Å²) in [5, 5.41) is 3.24. The van der Waals surface area contributed by atoms with E-state index in [1.807, 2.05) is 0 Å². The molecule has 0 bridgehead atoms. The van der Waals surface area contributed by atoms with Crippen molar-refractivity contribution in [1.82, 2.24) is 10.2 Å². The molecule has 17 heavy (non-hydrogen) atoms. The molecule has 0 aromatic heterocycles. The summed E-state index contributed by atoms with van der Waals surface area (Å²) in [5.41, 5.74) is 0. The Bertz CT molecular complexity index is 279. The molecule has 1 saturated heterocycles. The molecule has 1 fully saturated rings. The summed E-state index contributed by atoms with van der Waals surface area (Å²) >= 11 is 0. The first-order chi connectivity index (χ1) is 8.10. The second-order valence-corrected chi connectivity index (χ2v) is 4.87. The Morgan fingerprint density at radius 2 is 2.12 bits per heavy atom. The topological polar surface area (TPSA) is 49.4 Å². The van der Waals surface area contributed by atoms with Gasteiger partial charge in [-0.25, -0.2) is 0 Å². The van der Waals surface area contributed by atoms with Gasteiger partial charge < -0.3 is 5.32 Å². The zero-order valence-electron chi connectivity index (χ0n) is 11.2. The number of unbranched alkanes of at least 4 members (excludes halogenated alkanes) is 1. The maximum Gasteiger partial charge on any atom is 0.246 e. The monoisotopic (exact) mass is 240 g/mol. The number of likely N-dealkylation sites (tertiary alicyclic amines) is 1. The molecule has 4 heteroatoms. The van der Waals surface area contributed by atoms with Crippen molar-refractivity contribution in [3.05, 3.63) is 0 Å². The van der Waals surface area contributed by atoms with Crippen LogP contribution in [0.4, 0.5) is 0 Å². The number of nitrogens with one attached hydrogen (secondary N) is 1. The molecule has 1 rings (SSSR count). The van der Waals surface area contributed by atoms with Crippen LogP contribution in [0.25, 0.3) is 0 Å². The van der Waals surface area contributed by atoms with E-state index in [0.717, 1.165) is 13.0 Å². The predicted octanol–water partition coefficient (Wildman–Crippen LogP) is 1.55. The van der Waals surface area contributed by atoms with Crippen LogP contribution < -0.4 is 5.32 Å². The van der Waals surface area contributed by atoms with Gasteiger partial charge >= 0.3 is 0 Å². The summed E-state index contributed by atoms with van der Waals surface area (Å²) in [6.45, 7) is 5.21. The van der Waals surface area contributed by atoms with Crippen LogP contribution in [0.15, 0.2) is 0 Å². The Morgan fingerprint density at radius 1 is 1.41 bits per heavy atom. The molecule has 4 nitrogen and oxygen atoms in total. The molecule has 0 aliphatic carbocycles. The highest BCUT2D eigenvalue weighted by Gasteiger charge is 2.35. The summed E-state index contributed by atoms with van der Waals surface area (Å²) in [7, 11) is 1.56. The van der Waals surface area contributed by atoms with E-state index in [1.165, 1.54) is 24.2 Å². The number of carbonyl (C=O) groups is 2. The smallest absolute Gasteiger partial charge is 0.246 e. The first kappa shape index (κ1) is 14.2. The summed E-state index contributed by atoms with van der Waals surface area (Å²) < 4.78 is 0. The van der Waals surface area contributed by atoms with Gasteiger partial charge in [0.2, 0.25) is 11.8 Å². The minimum atomic E-state index is -0.289. The molecular weight excluding hydrogens is 216 g/mol. The fourth-order valence-electron chi connectivity index (χ4n) is 2.17. The minimum Gasteiger partial charge on any atom is -0.305 e. The maximum atomic E-state index is 11.7. The Morgan fingerprint density at radius 3 is 2.59 bits per heavy atom. The van der Waals surface area contributed by atoms with Crippen LogP contribution in [-0.2, 0) is 9.59 Å². The quantitative estimate of drug-likeness (QED) is 0.687. The first-order valence-electron chi connectivity index (χ1n) is 6.63. The highest BCUT2D eigenvalue weighted by Crippen LogP contribution is 2.14. The third kappa shape index (κ3) is 3.80. The van der Waals surface area contributed by atoms with E-state index in [2.05, 4.69) is 19.2 Å². The van der Waals surface area contributed by atoms with E-state index in [9.17, 15) is 9.59 Å². The number of hydrogen-bond donors (Lipinski definition) is 1. The summed E-state index contributed by atoms with van der Waals surface area (Å²) in [6.07, 6.45) is 5.08. The largest absolute Gasteiger partial charge is 0.305 e. The second-order valence-electron chi connectivity index (χ2n) is 4.87. The average molecular weight is 240 g/mol. The Hall–Kier alpha value is -0.900. The molecule has 2 amide bonds. The fraction of sp³-hybridized carbons (Fsp3) is 0.846. The number of rotatable bonds is 7. The number of carbonyl (C=O) groups excluding carboxylic acids is 2. The fourth-order valence-corrected chi connectivity index (χ4v) is 2.17. The van der Waals surface area contributed by atoms with Crippen molar-refractivity contribution < 1.29 is 9.59 Å². The summed E-state index contributed by atoms with van der Waals surface area (Å²) in [6, 6.07) is -0.289. The summed E-state index contributed by atoms with van der Waals surface area (Å²) in [4.78, 5) is 24.2. The van der Waals surface area contributed by atoms with Crippen molar-refractivity contribution in [2.75, 3.05) is 13.6 Å². The second kappa shape index (κ2) is 6.74. The lowest BCUT2D eigenvalue weighted by molar-refractivity contribution is -0.137. The predicted molar refractivity (Wildman–Crippen MR) is 67.5 cm³/mol. The van der Waals surface area contributed by atoms with Gasteiger partial charge in [0.15, 0.2) is 0 Å². The van der Waals surface area contributed by atoms with E-state index in [0.29, 0.717) is 12.3 Å². The SMILES string of the molecule is CCCCC(CC)CNC1CC(=O)N(C)C1=O. The van der Waals surface area contributed by atoms with Crippen molar-refractivity contribution >= 4 is 11.8 Å². The molecule has 2 atom stereocenters. The van der Waals surface area contributed by atoms with Crippen molar-refractivity contribution in [2.45, 2.75) is 52.0 Å². The third-order valence-corrected chi connectivity index (χ3v) is 3.58. The van der Waals surface area contributed by atoms with Crippen LogP contribution in [0.5, 0.6) is 0 Å². The average Bonchev–Trinajstić information content (AvgIpc) is 2.57. The number of amides is 2. The Kier molecular flexibility index (Phi) is 5.62. The number of imide groups is 1. The molecule has 0 aromatic carbocycles. The Labute approximate surface area is 104 Å². The van der Waals surface area contributed by atoms with Gasteiger partial charge in [-0.15, -0.1) is 0 Å². The van der Waals surface area contributed by atoms with Crippen molar-refractivity contribution in [3.8, 4) is 0 Å². The normalized spacial score (nSPS) is 22.3. The van der Waals surface area contributed by atoms with E-state index < -0.39 is 0 Å². The zero-order valence-corrected chi connectivity index (χ0v) is 11.2. The molecule has 2 unspecified atom stereocenters. The van der Waals surface area contributed by atoms with Gasteiger partial charge in [0.05, 0.1) is 12.5 Å². The maximum absolute atomic E-state index is 11.7. The molecule has 98 valence electrons. The van der Waals surface area contributed by atoms with Crippen molar-refractivity contribution in [2.24, 2.45) is 5.92 Å². The number of likely N-dealkylation sites (N-methyl/N-ethyl adjacent to an activating group) is 1. The van der Waals surface area contributed by atoms with E-state index in [-0.39, 0.29) is 17.9 Å². The van der Waals surface area contributed by atoms with Gasteiger partial charge in [0.1, 0.15) is 0 Å². The van der Waals surface area contributed by atoms with Gasteiger partial charge in [-0.2, -0.15) is 0 Å². The van der Waals surface area contributed by atoms with Crippen LogP contribution in [0.2, 0.25) is 0 Å². The lowest BCUT2D eigenvalue weighted by atomic mass is 9.99. The number of hydrogen-bond acceptors (Lipinski definition) is 3. The van der Waals surface area contributed by atoms with Crippen molar-refractivity contribution in [3.63, 3.8) is 0 Å². The van der Waals surface area contributed by atoms with E-state index in [4.69, 9.17) is 0 Å². The summed E-state index contributed by atoms with van der Waals surface area (Å²) in [5.74, 6) is 0.457. The molecule has 0 aromatic rings.